The van der Waals surface area contributed by atoms with E-state index in [0.29, 0.717) is 5.56 Å². The molecule has 5 nitrogen and oxygen atoms in total. The fourth-order valence-electron chi connectivity index (χ4n) is 4.42. The van der Waals surface area contributed by atoms with Crippen molar-refractivity contribution in [2.75, 3.05) is 6.54 Å². The van der Waals surface area contributed by atoms with E-state index in [4.69, 9.17) is 4.74 Å². The second-order valence-electron chi connectivity index (χ2n) is 8.95. The summed E-state index contributed by atoms with van der Waals surface area (Å²) in [7, 11) is 0. The molecule has 0 aromatic heterocycles. The van der Waals surface area contributed by atoms with Gasteiger partial charge in [-0.1, -0.05) is 72.8 Å². The lowest BCUT2D eigenvalue weighted by Gasteiger charge is -2.36. The number of halogens is 6. The van der Waals surface area contributed by atoms with Gasteiger partial charge in [0.1, 0.15) is 17.2 Å². The Morgan fingerprint density at radius 1 is 0.610 bits per heavy atom. The number of amides is 1. The zero-order valence-corrected chi connectivity index (χ0v) is 21.2. The second kappa shape index (κ2) is 12.2. The topological polar surface area (TPSA) is 56.8 Å². The van der Waals surface area contributed by atoms with E-state index in [1.54, 1.807) is 60.7 Å². The third-order valence-corrected chi connectivity index (χ3v) is 6.08. The van der Waals surface area contributed by atoms with Crippen molar-refractivity contribution in [2.45, 2.75) is 24.6 Å². The van der Waals surface area contributed by atoms with Crippen molar-refractivity contribution < 1.29 is 45.3 Å². The molecular weight excluding hydrogens is 552 g/mol. The van der Waals surface area contributed by atoms with Gasteiger partial charge < -0.3 is 19.5 Å². The zero-order valence-electron chi connectivity index (χ0n) is 21.2. The Hall–Kier alpha value is -4.67. The lowest BCUT2D eigenvalue weighted by Crippen LogP contribution is -2.44. The summed E-state index contributed by atoms with van der Waals surface area (Å²) < 4.78 is 92.1. The first kappa shape index (κ1) is 29.3. The normalized spacial score (nSPS) is 12.0. The Kier molecular flexibility index (Phi) is 8.75. The molecule has 4 rings (SSSR count). The van der Waals surface area contributed by atoms with Crippen LogP contribution in [0.15, 0.2) is 109 Å². The van der Waals surface area contributed by atoms with E-state index in [-0.39, 0.29) is 29.8 Å². The van der Waals surface area contributed by atoms with Crippen LogP contribution in [0.2, 0.25) is 0 Å². The van der Waals surface area contributed by atoms with Crippen LogP contribution in [0.1, 0.15) is 16.7 Å². The van der Waals surface area contributed by atoms with Crippen LogP contribution in [0.4, 0.5) is 31.1 Å². The fourth-order valence-corrected chi connectivity index (χ4v) is 4.42. The Morgan fingerprint density at radius 3 is 1.56 bits per heavy atom. The van der Waals surface area contributed by atoms with Crippen LogP contribution in [-0.4, -0.2) is 25.4 Å². The van der Waals surface area contributed by atoms with Gasteiger partial charge in [-0.15, -0.1) is 26.3 Å². The lowest BCUT2D eigenvalue weighted by molar-refractivity contribution is -0.275. The third-order valence-electron chi connectivity index (χ3n) is 6.08. The molecule has 0 heterocycles. The van der Waals surface area contributed by atoms with Gasteiger partial charge in [0.2, 0.25) is 0 Å². The van der Waals surface area contributed by atoms with E-state index in [9.17, 15) is 31.1 Å². The molecule has 0 spiro atoms. The molecule has 0 atom stereocenters. The maximum Gasteiger partial charge on any atom is 0.573 e. The number of carbonyl (C=O) groups is 1. The number of rotatable bonds is 9. The SMILES string of the molecule is O=C(NCC(Cc1ccccc1)(c1cccc(OC(F)(F)F)c1)c1cccc(OC(F)(F)F)c1)Oc1ccccc1. The van der Waals surface area contributed by atoms with Gasteiger partial charge in [0.15, 0.2) is 0 Å². The van der Waals surface area contributed by atoms with Crippen molar-refractivity contribution >= 4 is 6.09 Å². The second-order valence-corrected chi connectivity index (χ2v) is 8.95. The summed E-state index contributed by atoms with van der Waals surface area (Å²) in [6.45, 7) is -0.279. The van der Waals surface area contributed by atoms with Crippen LogP contribution in [-0.2, 0) is 11.8 Å². The summed E-state index contributed by atoms with van der Waals surface area (Å²) >= 11 is 0. The molecule has 1 N–H and O–H groups in total. The summed E-state index contributed by atoms with van der Waals surface area (Å²) in [5.74, 6) is -0.844. The summed E-state index contributed by atoms with van der Waals surface area (Å²) in [4.78, 5) is 12.8. The van der Waals surface area contributed by atoms with Crippen molar-refractivity contribution in [3.05, 3.63) is 126 Å². The molecule has 11 heteroatoms. The molecule has 214 valence electrons. The van der Waals surface area contributed by atoms with E-state index < -0.39 is 35.7 Å². The highest BCUT2D eigenvalue weighted by Gasteiger charge is 2.38. The molecule has 0 radical (unpaired) electrons. The van der Waals surface area contributed by atoms with Gasteiger partial charge in [-0.2, -0.15) is 0 Å². The molecule has 41 heavy (non-hydrogen) atoms. The van der Waals surface area contributed by atoms with Crippen LogP contribution in [0.25, 0.3) is 0 Å². The molecule has 0 aliphatic carbocycles. The van der Waals surface area contributed by atoms with E-state index in [1.165, 1.54) is 24.3 Å². The van der Waals surface area contributed by atoms with Crippen molar-refractivity contribution in [3.8, 4) is 17.2 Å². The van der Waals surface area contributed by atoms with Crippen LogP contribution in [0.5, 0.6) is 17.2 Å². The first-order chi connectivity index (χ1) is 19.4. The number of ether oxygens (including phenoxy) is 3. The van der Waals surface area contributed by atoms with Gasteiger partial charge in [-0.25, -0.2) is 4.79 Å². The summed E-state index contributed by atoms with van der Waals surface area (Å²) in [6, 6.07) is 27.0. The lowest BCUT2D eigenvalue weighted by atomic mass is 9.70. The summed E-state index contributed by atoms with van der Waals surface area (Å²) in [5.41, 5.74) is -0.262. The maximum atomic E-state index is 13.1. The number of para-hydroxylation sites is 1. The minimum atomic E-state index is -4.99. The third kappa shape index (κ3) is 8.41. The smallest absolute Gasteiger partial charge is 0.410 e. The number of benzene rings is 4. The van der Waals surface area contributed by atoms with Gasteiger partial charge in [0, 0.05) is 12.0 Å². The van der Waals surface area contributed by atoms with Gasteiger partial charge >= 0.3 is 18.8 Å². The number of carbonyl (C=O) groups excluding carboxylic acids is 1. The van der Waals surface area contributed by atoms with E-state index in [2.05, 4.69) is 14.8 Å². The van der Waals surface area contributed by atoms with Crippen molar-refractivity contribution in [2.24, 2.45) is 0 Å². The molecule has 0 saturated carbocycles. The molecule has 0 saturated heterocycles. The van der Waals surface area contributed by atoms with Gasteiger partial charge in [-0.3, -0.25) is 0 Å². The Balaban J connectivity index is 1.83. The van der Waals surface area contributed by atoms with Crippen LogP contribution in [0.3, 0.4) is 0 Å². The standard InChI is InChI=1S/C30H23F6NO4/c31-29(32,33)40-25-15-7-11-22(17-25)28(19-21-9-3-1-4-10-21,20-37-27(38)39-24-13-5-2-6-14-24)23-12-8-16-26(18-23)41-30(34,35)36/h1-18H,19-20H2,(H,37,38). The minimum absolute atomic E-state index is 0.0599. The Labute approximate surface area is 231 Å². The van der Waals surface area contributed by atoms with Crippen LogP contribution >= 0.6 is 0 Å². The zero-order chi connectivity index (χ0) is 29.5. The summed E-state index contributed by atoms with van der Waals surface area (Å²) in [5, 5.41) is 2.64. The Bertz CT molecular complexity index is 1380. The first-order valence-corrected chi connectivity index (χ1v) is 12.2. The van der Waals surface area contributed by atoms with Gasteiger partial charge in [-0.05, 0) is 59.5 Å². The average Bonchev–Trinajstić information content (AvgIpc) is 2.91. The predicted octanol–water partition coefficient (Wildman–Crippen LogP) is 7.80. The molecule has 0 aliphatic heterocycles. The highest BCUT2D eigenvalue weighted by Crippen LogP contribution is 2.40. The van der Waals surface area contributed by atoms with Crippen molar-refractivity contribution in [1.82, 2.24) is 5.32 Å². The minimum Gasteiger partial charge on any atom is -0.410 e. The molecule has 4 aromatic rings. The van der Waals surface area contributed by atoms with Crippen LogP contribution in [0, 0.1) is 0 Å². The van der Waals surface area contributed by atoms with Gasteiger partial charge in [0.05, 0.1) is 0 Å². The molecular formula is C30H23F6NO4. The fraction of sp³-hybridized carbons (Fsp3) is 0.167. The van der Waals surface area contributed by atoms with E-state index >= 15 is 0 Å². The first-order valence-electron chi connectivity index (χ1n) is 12.2. The number of hydrogen-bond acceptors (Lipinski definition) is 4. The highest BCUT2D eigenvalue weighted by atomic mass is 19.4. The molecule has 0 bridgehead atoms. The average molecular weight is 576 g/mol. The van der Waals surface area contributed by atoms with E-state index in [1.807, 2.05) is 0 Å². The van der Waals surface area contributed by atoms with E-state index in [0.717, 1.165) is 24.3 Å². The molecule has 0 fully saturated rings. The van der Waals surface area contributed by atoms with Crippen molar-refractivity contribution in [1.29, 1.82) is 0 Å². The number of nitrogens with one attached hydrogen (secondary N) is 1. The molecule has 0 unspecified atom stereocenters. The monoisotopic (exact) mass is 575 g/mol. The Morgan fingerprint density at radius 2 is 1.07 bits per heavy atom. The van der Waals surface area contributed by atoms with Crippen LogP contribution < -0.4 is 19.5 Å². The largest absolute Gasteiger partial charge is 0.573 e. The van der Waals surface area contributed by atoms with Gasteiger partial charge in [0.25, 0.3) is 0 Å². The quantitative estimate of drug-likeness (QED) is 0.207. The maximum absolute atomic E-state index is 13.1. The molecule has 0 aliphatic rings. The molecule has 1 amide bonds. The predicted molar refractivity (Wildman–Crippen MR) is 138 cm³/mol. The van der Waals surface area contributed by atoms with Crippen molar-refractivity contribution in [3.63, 3.8) is 0 Å². The number of alkyl halides is 6. The number of hydrogen-bond donors (Lipinski definition) is 1. The highest BCUT2D eigenvalue weighted by molar-refractivity contribution is 5.70. The summed E-state index contributed by atoms with van der Waals surface area (Å²) in [6.07, 6.45) is -10.8. The molecule has 4 aromatic carbocycles.